The van der Waals surface area contributed by atoms with E-state index in [0.717, 1.165) is 36.9 Å². The van der Waals surface area contributed by atoms with Crippen LogP contribution in [0.2, 0.25) is 0 Å². The maximum Gasteiger partial charge on any atom is 0.272 e. The molecule has 2 fully saturated rings. The number of aromatic nitrogens is 2. The minimum Gasteiger partial charge on any atom is -0.396 e. The molecule has 1 aromatic heterocycles. The van der Waals surface area contributed by atoms with Crippen LogP contribution in [-0.4, -0.2) is 33.9 Å². The molecule has 3 aliphatic rings. The zero-order chi connectivity index (χ0) is 13.7. The van der Waals surface area contributed by atoms with Crippen LogP contribution in [0.4, 0.5) is 0 Å². The molecule has 2 saturated carbocycles. The van der Waals surface area contributed by atoms with Gasteiger partial charge < -0.3 is 10.4 Å². The van der Waals surface area contributed by atoms with Crippen LogP contribution in [0.25, 0.3) is 0 Å². The second kappa shape index (κ2) is 4.58. The number of hydrogen-bond acceptors (Lipinski definition) is 3. The second-order valence-corrected chi connectivity index (χ2v) is 6.56. The fourth-order valence-corrected chi connectivity index (χ4v) is 4.62. The highest BCUT2D eigenvalue weighted by Crippen LogP contribution is 2.48. The molecular formula is C15H21N3O2. The molecule has 4 atom stereocenters. The van der Waals surface area contributed by atoms with Gasteiger partial charge >= 0.3 is 0 Å². The van der Waals surface area contributed by atoms with Crippen LogP contribution in [0.1, 0.15) is 47.4 Å². The van der Waals surface area contributed by atoms with Crippen molar-refractivity contribution in [1.82, 2.24) is 15.5 Å². The van der Waals surface area contributed by atoms with Crippen molar-refractivity contribution in [2.24, 2.45) is 17.8 Å². The van der Waals surface area contributed by atoms with Crippen LogP contribution in [0, 0.1) is 17.8 Å². The van der Waals surface area contributed by atoms with Crippen LogP contribution in [0.5, 0.6) is 0 Å². The number of nitrogens with one attached hydrogen (secondary N) is 2. The summed E-state index contributed by atoms with van der Waals surface area (Å²) in [6.45, 7) is 0.185. The fourth-order valence-electron chi connectivity index (χ4n) is 4.62. The number of H-pyrrole nitrogens is 1. The third kappa shape index (κ3) is 1.72. The van der Waals surface area contributed by atoms with Gasteiger partial charge in [0.15, 0.2) is 5.69 Å². The van der Waals surface area contributed by atoms with E-state index in [1.165, 1.54) is 12.8 Å². The summed E-state index contributed by atoms with van der Waals surface area (Å²) < 4.78 is 0. The number of aliphatic hydroxyl groups is 1. The minimum absolute atomic E-state index is 0.0552. The molecule has 20 heavy (non-hydrogen) atoms. The summed E-state index contributed by atoms with van der Waals surface area (Å²) in [4.78, 5) is 12.5. The van der Waals surface area contributed by atoms with Gasteiger partial charge in [-0.2, -0.15) is 5.10 Å². The first-order valence-corrected chi connectivity index (χ1v) is 7.75. The predicted octanol–water partition coefficient (Wildman–Crippen LogP) is 1.04. The summed E-state index contributed by atoms with van der Waals surface area (Å²) in [6.07, 6.45) is 6.62. The number of rotatable bonds is 3. The summed E-state index contributed by atoms with van der Waals surface area (Å²) in [7, 11) is 0. The van der Waals surface area contributed by atoms with Crippen molar-refractivity contribution in [3.63, 3.8) is 0 Å². The Morgan fingerprint density at radius 3 is 3.05 bits per heavy atom. The molecule has 0 aromatic carbocycles. The highest BCUT2D eigenvalue weighted by Gasteiger charge is 2.48. The van der Waals surface area contributed by atoms with Gasteiger partial charge in [-0.05, 0) is 50.4 Å². The summed E-state index contributed by atoms with van der Waals surface area (Å²) in [5.74, 6) is 1.33. The molecule has 1 amide bonds. The van der Waals surface area contributed by atoms with Crippen LogP contribution in [-0.2, 0) is 12.8 Å². The lowest BCUT2D eigenvalue weighted by atomic mass is 9.85. The summed E-state index contributed by atoms with van der Waals surface area (Å²) >= 11 is 0. The van der Waals surface area contributed by atoms with Gasteiger partial charge in [-0.3, -0.25) is 9.89 Å². The molecule has 5 nitrogen and oxygen atoms in total. The standard InChI is InChI=1S/C15H21N3O2/c19-7-11-8-4-5-9(6-8)13(11)16-15(20)14-10-2-1-3-12(10)17-18-14/h8-9,11,13,19H,1-7H2,(H,16,20)(H,17,18). The molecular weight excluding hydrogens is 254 g/mol. The topological polar surface area (TPSA) is 78.0 Å². The van der Waals surface area contributed by atoms with Crippen molar-refractivity contribution in [2.75, 3.05) is 6.61 Å². The fraction of sp³-hybridized carbons (Fsp3) is 0.733. The molecule has 4 rings (SSSR count). The molecule has 1 heterocycles. The Balaban J connectivity index is 1.52. The summed E-state index contributed by atoms with van der Waals surface area (Å²) in [5.41, 5.74) is 2.81. The molecule has 3 N–H and O–H groups in total. The number of amides is 1. The van der Waals surface area contributed by atoms with Crippen molar-refractivity contribution < 1.29 is 9.90 Å². The molecule has 0 saturated heterocycles. The first-order valence-electron chi connectivity index (χ1n) is 7.75. The highest BCUT2D eigenvalue weighted by atomic mass is 16.3. The Morgan fingerprint density at radius 2 is 2.20 bits per heavy atom. The zero-order valence-corrected chi connectivity index (χ0v) is 11.6. The summed E-state index contributed by atoms with van der Waals surface area (Å²) in [5, 5.41) is 19.9. The number of aryl methyl sites for hydroxylation is 1. The third-order valence-electron chi connectivity index (χ3n) is 5.62. The van der Waals surface area contributed by atoms with E-state index in [4.69, 9.17) is 0 Å². The van der Waals surface area contributed by atoms with Gasteiger partial charge in [0, 0.05) is 29.8 Å². The Kier molecular flexibility index (Phi) is 2.84. The van der Waals surface area contributed by atoms with Gasteiger partial charge in [-0.1, -0.05) is 0 Å². The monoisotopic (exact) mass is 275 g/mol. The first-order chi connectivity index (χ1) is 9.78. The van der Waals surface area contributed by atoms with Crippen LogP contribution >= 0.6 is 0 Å². The quantitative estimate of drug-likeness (QED) is 0.771. The second-order valence-electron chi connectivity index (χ2n) is 6.56. The first kappa shape index (κ1) is 12.4. The molecule has 4 unspecified atom stereocenters. The smallest absolute Gasteiger partial charge is 0.272 e. The highest BCUT2D eigenvalue weighted by molar-refractivity contribution is 5.94. The molecule has 108 valence electrons. The average Bonchev–Trinajstić information content (AvgIpc) is 3.18. The molecule has 0 aliphatic heterocycles. The van der Waals surface area contributed by atoms with E-state index in [1.807, 2.05) is 0 Å². The Hall–Kier alpha value is -1.36. The van der Waals surface area contributed by atoms with Gasteiger partial charge in [0.2, 0.25) is 0 Å². The third-order valence-corrected chi connectivity index (χ3v) is 5.62. The normalized spacial score (nSPS) is 34.5. The Morgan fingerprint density at radius 1 is 1.35 bits per heavy atom. The van der Waals surface area contributed by atoms with Gasteiger partial charge in [-0.15, -0.1) is 0 Å². The maximum absolute atomic E-state index is 12.5. The van der Waals surface area contributed by atoms with E-state index in [-0.39, 0.29) is 24.5 Å². The SMILES string of the molecule is O=C(NC1C2CCC(C2)C1CO)c1n[nH]c2c1CCC2. The van der Waals surface area contributed by atoms with E-state index < -0.39 is 0 Å². The van der Waals surface area contributed by atoms with Gasteiger partial charge in [-0.25, -0.2) is 0 Å². The molecule has 1 aromatic rings. The molecule has 0 spiro atoms. The number of nitrogens with zero attached hydrogens (tertiary/aromatic N) is 1. The average molecular weight is 275 g/mol. The number of aromatic amines is 1. The molecule has 5 heteroatoms. The van der Waals surface area contributed by atoms with Crippen molar-refractivity contribution >= 4 is 5.91 Å². The number of aliphatic hydroxyl groups excluding tert-OH is 1. The lowest BCUT2D eigenvalue weighted by Gasteiger charge is -2.30. The van der Waals surface area contributed by atoms with E-state index in [9.17, 15) is 9.90 Å². The number of hydrogen-bond donors (Lipinski definition) is 3. The van der Waals surface area contributed by atoms with E-state index in [0.29, 0.717) is 17.5 Å². The minimum atomic E-state index is -0.0552. The number of fused-ring (bicyclic) bond motifs is 3. The Bertz CT molecular complexity index is 539. The number of carbonyl (C=O) groups is 1. The van der Waals surface area contributed by atoms with Crippen molar-refractivity contribution in [1.29, 1.82) is 0 Å². The van der Waals surface area contributed by atoms with E-state index in [2.05, 4.69) is 15.5 Å². The van der Waals surface area contributed by atoms with Crippen molar-refractivity contribution in [2.45, 2.75) is 44.6 Å². The van der Waals surface area contributed by atoms with Crippen LogP contribution < -0.4 is 5.32 Å². The lowest BCUT2D eigenvalue weighted by molar-refractivity contribution is 0.0855. The Labute approximate surface area is 118 Å². The summed E-state index contributed by atoms with van der Waals surface area (Å²) in [6, 6.07) is 0.139. The van der Waals surface area contributed by atoms with Crippen molar-refractivity contribution in [3.05, 3.63) is 17.0 Å². The van der Waals surface area contributed by atoms with E-state index >= 15 is 0 Å². The van der Waals surface area contributed by atoms with E-state index in [1.54, 1.807) is 0 Å². The van der Waals surface area contributed by atoms with Gasteiger partial charge in [0.25, 0.3) is 5.91 Å². The molecule has 3 aliphatic carbocycles. The molecule has 2 bridgehead atoms. The maximum atomic E-state index is 12.5. The van der Waals surface area contributed by atoms with Crippen LogP contribution in [0.15, 0.2) is 0 Å². The zero-order valence-electron chi connectivity index (χ0n) is 11.6. The van der Waals surface area contributed by atoms with Crippen LogP contribution in [0.3, 0.4) is 0 Å². The molecule has 0 radical (unpaired) electrons. The number of carbonyl (C=O) groups excluding carboxylic acids is 1. The van der Waals surface area contributed by atoms with Crippen molar-refractivity contribution in [3.8, 4) is 0 Å². The van der Waals surface area contributed by atoms with Gasteiger partial charge in [0.05, 0.1) is 0 Å². The van der Waals surface area contributed by atoms with Gasteiger partial charge in [0.1, 0.15) is 0 Å². The largest absolute Gasteiger partial charge is 0.396 e. The lowest BCUT2D eigenvalue weighted by Crippen LogP contribution is -2.45. The predicted molar refractivity (Wildman–Crippen MR) is 73.3 cm³/mol.